The molecule has 0 bridgehead atoms. The summed E-state index contributed by atoms with van der Waals surface area (Å²) in [5.74, 6) is -3.56. The Kier molecular flexibility index (Phi) is 42.6. The number of ether oxygens (including phenoxy) is 16. The van der Waals surface area contributed by atoms with Gasteiger partial charge < -0.3 is 75.8 Å². The van der Waals surface area contributed by atoms with Crippen LogP contribution in [0.3, 0.4) is 0 Å². The normalized spacial score (nSPS) is 10.2. The predicted molar refractivity (Wildman–Crippen MR) is 420 cm³/mol. The fourth-order valence-electron chi connectivity index (χ4n) is 9.27. The first-order chi connectivity index (χ1) is 55.3. The summed E-state index contributed by atoms with van der Waals surface area (Å²) in [5, 5.41) is 0. The molecule has 0 amide bonds. The summed E-state index contributed by atoms with van der Waals surface area (Å²) in [6, 6.07) is 33.4. The van der Waals surface area contributed by atoms with Gasteiger partial charge >= 0.3 is 65.7 Å². The number of esters is 11. The molecule has 6 aromatic rings. The van der Waals surface area contributed by atoms with E-state index in [9.17, 15) is 52.7 Å². The Morgan fingerprint density at radius 3 is 0.678 bits per heavy atom. The monoisotopic (exact) mass is 1580 g/mol. The van der Waals surface area contributed by atoms with E-state index in [0.717, 1.165) is 89.1 Å². The number of rotatable bonds is 48. The number of hydrogen-bond acceptors (Lipinski definition) is 27. The van der Waals surface area contributed by atoms with Crippen LogP contribution in [0.1, 0.15) is 69.0 Å². The first kappa shape index (κ1) is 93.0. The summed E-state index contributed by atoms with van der Waals surface area (Å²) >= 11 is 0. The first-order valence-corrected chi connectivity index (χ1v) is 35.0. The molecule has 1 atom stereocenters. The van der Waals surface area contributed by atoms with Crippen LogP contribution >= 0.6 is 0 Å². The Morgan fingerprint density at radius 2 is 0.435 bits per heavy atom. The molecular weight excluding hydrogens is 1490 g/mol. The standard InChI is InChI=1S/C33H36O10.C30H30O10.C25H24O7/c1-6-30(34)40-19-24-12-25(20-41-31(35)7-2)15-28(14-24)38-11-10-23(5)18-39-29-16-26(21-42-32(36)8-3)13-27(17-29)22-43-33(37)9-4;1-5-27(31)37-17-21-11-22(18-38-28(32)6-2)14-25(13-21)35-9-10-36-26-15-23(19-39-29(33)7-3)12-24(16-26)20-40-30(34)8-4;1-4-23(26)30-12-11-29-22-9-7-20(8-10-22)21-14-18(16-31-24(27)5-2)13-19(15-21)17-32-25(28)6-3/h6-9,12-17,23H,1-4,10-11,18-22H2,5H3;5-8,11-16H,1-4,9-10,17-20H2;4-10,13-15H,1-3,11-12,16-17H2. The fourth-order valence-corrected chi connectivity index (χ4v) is 9.27. The van der Waals surface area contributed by atoms with Gasteiger partial charge in [0.05, 0.1) is 13.2 Å². The minimum absolute atomic E-state index is 0.00463. The lowest BCUT2D eigenvalue weighted by Gasteiger charge is -2.16. The van der Waals surface area contributed by atoms with Gasteiger partial charge in [-0.25, -0.2) is 52.7 Å². The van der Waals surface area contributed by atoms with Crippen molar-refractivity contribution < 1.29 is 129 Å². The molecule has 27 nitrogen and oxygen atoms in total. The van der Waals surface area contributed by atoms with Crippen molar-refractivity contribution in [2.24, 2.45) is 5.92 Å². The van der Waals surface area contributed by atoms with Crippen molar-refractivity contribution in [2.45, 2.75) is 79.4 Å². The summed E-state index contributed by atoms with van der Waals surface area (Å²) in [7, 11) is 0. The van der Waals surface area contributed by atoms with Gasteiger partial charge in [0.1, 0.15) is 121 Å². The molecule has 1 unspecified atom stereocenters. The van der Waals surface area contributed by atoms with Gasteiger partial charge in [-0.15, -0.1) is 0 Å². The lowest BCUT2D eigenvalue weighted by atomic mass is 10.00. The van der Waals surface area contributed by atoms with E-state index in [0.29, 0.717) is 92.9 Å². The van der Waals surface area contributed by atoms with E-state index in [1.165, 1.54) is 0 Å². The lowest BCUT2D eigenvalue weighted by molar-refractivity contribution is -0.140. The van der Waals surface area contributed by atoms with Crippen molar-refractivity contribution in [2.75, 3.05) is 39.6 Å². The first-order valence-electron chi connectivity index (χ1n) is 35.0. The molecule has 0 radical (unpaired) electrons. The van der Waals surface area contributed by atoms with Gasteiger partial charge in [0.25, 0.3) is 0 Å². The number of carbonyl (C=O) groups is 11. The molecule has 0 heterocycles. The van der Waals surface area contributed by atoms with Crippen LogP contribution in [0.5, 0.6) is 28.7 Å². The van der Waals surface area contributed by atoms with Gasteiger partial charge in [-0.2, -0.15) is 0 Å². The zero-order valence-electron chi connectivity index (χ0n) is 63.7. The van der Waals surface area contributed by atoms with Crippen LogP contribution in [0, 0.1) is 5.92 Å². The highest BCUT2D eigenvalue weighted by atomic mass is 16.6. The lowest BCUT2D eigenvalue weighted by Crippen LogP contribution is -2.13. The molecule has 0 N–H and O–H groups in total. The van der Waals surface area contributed by atoms with Gasteiger partial charge in [0.2, 0.25) is 0 Å². The van der Waals surface area contributed by atoms with Crippen LogP contribution in [0.2, 0.25) is 0 Å². The maximum absolute atomic E-state index is 11.5. The number of hydrogen-bond donors (Lipinski definition) is 0. The molecule has 27 heteroatoms. The molecule has 604 valence electrons. The van der Waals surface area contributed by atoms with Crippen molar-refractivity contribution in [1.29, 1.82) is 0 Å². The van der Waals surface area contributed by atoms with Crippen LogP contribution in [0.4, 0.5) is 0 Å². The minimum Gasteiger partial charge on any atom is -0.494 e. The van der Waals surface area contributed by atoms with E-state index >= 15 is 0 Å². The molecule has 0 aliphatic rings. The van der Waals surface area contributed by atoms with Gasteiger partial charge in [-0.05, 0) is 182 Å². The largest absolute Gasteiger partial charge is 0.494 e. The highest BCUT2D eigenvalue weighted by Crippen LogP contribution is 2.28. The smallest absolute Gasteiger partial charge is 0.330 e. The Hall–Kier alpha value is -14.4. The Labute approximate surface area is 666 Å². The van der Waals surface area contributed by atoms with Crippen molar-refractivity contribution in [3.63, 3.8) is 0 Å². The Balaban J connectivity index is 0.000000367. The second kappa shape index (κ2) is 52.7. The van der Waals surface area contributed by atoms with Crippen LogP contribution in [-0.4, -0.2) is 105 Å². The van der Waals surface area contributed by atoms with Gasteiger partial charge in [-0.1, -0.05) is 91.4 Å². The van der Waals surface area contributed by atoms with Crippen LogP contribution < -0.4 is 23.7 Å². The highest BCUT2D eigenvalue weighted by molar-refractivity contribution is 5.85. The van der Waals surface area contributed by atoms with E-state index < -0.39 is 65.7 Å². The van der Waals surface area contributed by atoms with Crippen molar-refractivity contribution in [1.82, 2.24) is 0 Å². The zero-order valence-corrected chi connectivity index (χ0v) is 63.7. The number of carbonyl (C=O) groups excluding carboxylic acids is 11. The predicted octanol–water partition coefficient (Wildman–Crippen LogP) is 13.1. The second-order valence-corrected chi connectivity index (χ2v) is 23.6. The molecule has 6 aromatic carbocycles. The van der Waals surface area contributed by atoms with Gasteiger partial charge in [0, 0.05) is 66.8 Å². The molecule has 6 rings (SSSR count). The van der Waals surface area contributed by atoms with E-state index in [4.69, 9.17) is 75.8 Å². The fraction of sp³-hybridized carbons (Fsp3) is 0.216. The van der Waals surface area contributed by atoms with Crippen LogP contribution in [0.15, 0.2) is 254 Å². The maximum Gasteiger partial charge on any atom is 0.330 e. The summed E-state index contributed by atoms with van der Waals surface area (Å²) < 4.78 is 85.1. The second-order valence-electron chi connectivity index (χ2n) is 23.6. The average Bonchev–Trinajstić information content (AvgIpc) is 0.884. The van der Waals surface area contributed by atoms with E-state index in [1.807, 2.05) is 31.2 Å². The molecule has 0 aromatic heterocycles. The minimum atomic E-state index is -0.584. The molecule has 0 saturated carbocycles. The molecule has 0 aliphatic carbocycles. The van der Waals surface area contributed by atoms with Crippen molar-refractivity contribution in [3.05, 3.63) is 310 Å². The summed E-state index contributed by atoms with van der Waals surface area (Å²) in [4.78, 5) is 126. The third-order valence-corrected chi connectivity index (χ3v) is 14.6. The average molecular weight is 1580 g/mol. The quantitative estimate of drug-likeness (QED) is 0.0148. The maximum atomic E-state index is 11.5. The summed E-state index contributed by atoms with van der Waals surface area (Å²) in [6.45, 7) is 40.3. The van der Waals surface area contributed by atoms with Crippen LogP contribution in [0.25, 0.3) is 11.1 Å². The summed E-state index contributed by atoms with van der Waals surface area (Å²) in [6.07, 6.45) is 12.4. The Bertz CT molecular complexity index is 4150. The SMILES string of the molecule is C=CC(=O)OCCOc1ccc(-c2cc(COC(=O)C=C)cc(COC(=O)C=C)c2)cc1.C=CC(=O)OCc1cc(COC(=O)C=C)cc(OCCC(C)COc2cc(COC(=O)C=C)cc(COC(=O)C=C)c2)c1.C=CC(=O)OCc1cc(COC(=O)C=C)cc(OCCOc2cc(COC(=O)C=C)cc(COC(=O)C=C)c2)c1. The number of benzene rings is 6. The zero-order chi connectivity index (χ0) is 84.3. The highest BCUT2D eigenvalue weighted by Gasteiger charge is 2.16. The molecule has 0 fully saturated rings. The molecular formula is C88H90O27. The van der Waals surface area contributed by atoms with E-state index in [1.54, 1.807) is 91.0 Å². The molecule has 0 saturated heterocycles. The van der Waals surface area contributed by atoms with E-state index in [2.05, 4.69) is 72.4 Å². The summed E-state index contributed by atoms with van der Waals surface area (Å²) in [5.41, 5.74) is 8.23. The van der Waals surface area contributed by atoms with Crippen LogP contribution in [-0.2, 0) is 171 Å². The van der Waals surface area contributed by atoms with Gasteiger partial charge in [-0.3, -0.25) is 0 Å². The third kappa shape index (κ3) is 38.7. The molecule has 115 heavy (non-hydrogen) atoms. The molecule has 0 spiro atoms. The Morgan fingerprint density at radius 1 is 0.235 bits per heavy atom. The molecule has 0 aliphatic heterocycles. The van der Waals surface area contributed by atoms with Crippen molar-refractivity contribution >= 4 is 65.7 Å². The van der Waals surface area contributed by atoms with Gasteiger partial charge in [0.15, 0.2) is 0 Å². The topological polar surface area (TPSA) is 335 Å². The van der Waals surface area contributed by atoms with Crippen molar-refractivity contribution in [3.8, 4) is 39.9 Å². The third-order valence-electron chi connectivity index (χ3n) is 14.6. The van der Waals surface area contributed by atoms with E-state index in [-0.39, 0.29) is 98.4 Å².